The molecule has 1 rings (SSSR count). The molecule has 0 atom stereocenters. The SMILES string of the molecule is CCN(CC(=N)N)C1CCCC1. The first-order valence-electron chi connectivity index (χ1n) is 4.81. The zero-order chi connectivity index (χ0) is 8.97. The van der Waals surface area contributed by atoms with Crippen LogP contribution < -0.4 is 5.73 Å². The van der Waals surface area contributed by atoms with Crippen molar-refractivity contribution in [3.05, 3.63) is 0 Å². The van der Waals surface area contributed by atoms with Gasteiger partial charge in [0, 0.05) is 6.04 Å². The van der Waals surface area contributed by atoms with Crippen LogP contribution >= 0.6 is 0 Å². The van der Waals surface area contributed by atoms with Crippen molar-refractivity contribution < 1.29 is 0 Å². The van der Waals surface area contributed by atoms with Crippen molar-refractivity contribution in [1.29, 1.82) is 5.41 Å². The van der Waals surface area contributed by atoms with Gasteiger partial charge in [-0.05, 0) is 19.4 Å². The Kier molecular flexibility index (Phi) is 3.53. The number of nitrogens with one attached hydrogen (secondary N) is 1. The third-order valence-corrected chi connectivity index (χ3v) is 2.62. The van der Waals surface area contributed by atoms with Crippen LogP contribution in [0.15, 0.2) is 0 Å². The number of hydrogen-bond acceptors (Lipinski definition) is 2. The van der Waals surface area contributed by atoms with E-state index in [1.165, 1.54) is 25.7 Å². The summed E-state index contributed by atoms with van der Waals surface area (Å²) in [5.41, 5.74) is 5.38. The maximum absolute atomic E-state index is 7.23. The van der Waals surface area contributed by atoms with Crippen LogP contribution in [0.25, 0.3) is 0 Å². The van der Waals surface area contributed by atoms with Crippen molar-refractivity contribution in [2.45, 2.75) is 38.6 Å². The lowest BCUT2D eigenvalue weighted by Crippen LogP contribution is -2.39. The topological polar surface area (TPSA) is 53.1 Å². The molecule has 0 amide bonds. The highest BCUT2D eigenvalue weighted by atomic mass is 15.2. The number of hydrogen-bond donors (Lipinski definition) is 2. The third kappa shape index (κ3) is 2.48. The maximum Gasteiger partial charge on any atom is 0.105 e. The molecule has 1 saturated carbocycles. The first-order chi connectivity index (χ1) is 5.74. The Labute approximate surface area is 74.4 Å². The summed E-state index contributed by atoms with van der Waals surface area (Å²) in [7, 11) is 0. The number of rotatable bonds is 4. The van der Waals surface area contributed by atoms with Crippen LogP contribution in [0.1, 0.15) is 32.6 Å². The van der Waals surface area contributed by atoms with Crippen molar-refractivity contribution >= 4 is 5.84 Å². The van der Waals surface area contributed by atoms with E-state index in [4.69, 9.17) is 11.1 Å². The van der Waals surface area contributed by atoms with Gasteiger partial charge in [0.1, 0.15) is 5.84 Å². The van der Waals surface area contributed by atoms with Gasteiger partial charge in [0.15, 0.2) is 0 Å². The summed E-state index contributed by atoms with van der Waals surface area (Å²) >= 11 is 0. The van der Waals surface area contributed by atoms with Crippen molar-refractivity contribution in [3.8, 4) is 0 Å². The number of amidine groups is 1. The van der Waals surface area contributed by atoms with Gasteiger partial charge in [-0.2, -0.15) is 0 Å². The lowest BCUT2D eigenvalue weighted by molar-refractivity contribution is 0.238. The van der Waals surface area contributed by atoms with Gasteiger partial charge in [0.05, 0.1) is 6.54 Å². The van der Waals surface area contributed by atoms with Gasteiger partial charge >= 0.3 is 0 Å². The van der Waals surface area contributed by atoms with Crippen LogP contribution in [0.2, 0.25) is 0 Å². The molecule has 1 fully saturated rings. The highest BCUT2D eigenvalue weighted by Gasteiger charge is 2.21. The Hall–Kier alpha value is -0.570. The van der Waals surface area contributed by atoms with E-state index < -0.39 is 0 Å². The molecule has 0 aromatic heterocycles. The lowest BCUT2D eigenvalue weighted by Gasteiger charge is -2.26. The zero-order valence-corrected chi connectivity index (χ0v) is 7.84. The Morgan fingerprint density at radius 1 is 1.50 bits per heavy atom. The van der Waals surface area contributed by atoms with Gasteiger partial charge in [-0.25, -0.2) is 0 Å². The lowest BCUT2D eigenvalue weighted by atomic mass is 10.2. The summed E-state index contributed by atoms with van der Waals surface area (Å²) in [5.74, 6) is 0.295. The molecule has 3 heteroatoms. The van der Waals surface area contributed by atoms with E-state index in [0.717, 1.165) is 6.54 Å². The van der Waals surface area contributed by atoms with Crippen molar-refractivity contribution in [2.75, 3.05) is 13.1 Å². The van der Waals surface area contributed by atoms with Crippen molar-refractivity contribution in [3.63, 3.8) is 0 Å². The van der Waals surface area contributed by atoms with E-state index in [1.54, 1.807) is 0 Å². The van der Waals surface area contributed by atoms with Crippen LogP contribution in [-0.2, 0) is 0 Å². The predicted molar refractivity (Wildman–Crippen MR) is 51.4 cm³/mol. The first-order valence-corrected chi connectivity index (χ1v) is 4.81. The quantitative estimate of drug-likeness (QED) is 0.490. The zero-order valence-electron chi connectivity index (χ0n) is 7.84. The molecule has 0 bridgehead atoms. The summed E-state index contributed by atoms with van der Waals surface area (Å²) in [4.78, 5) is 2.31. The molecular formula is C9H19N3. The van der Waals surface area contributed by atoms with Crippen LogP contribution in [-0.4, -0.2) is 29.9 Å². The highest BCUT2D eigenvalue weighted by molar-refractivity contribution is 5.78. The molecule has 3 nitrogen and oxygen atoms in total. The second kappa shape index (κ2) is 4.45. The molecule has 3 N–H and O–H groups in total. The van der Waals surface area contributed by atoms with Crippen LogP contribution in [0.5, 0.6) is 0 Å². The van der Waals surface area contributed by atoms with Crippen LogP contribution in [0.4, 0.5) is 0 Å². The summed E-state index contributed by atoms with van der Waals surface area (Å²) in [5, 5.41) is 7.23. The molecule has 0 aliphatic heterocycles. The number of nitrogens with two attached hydrogens (primary N) is 1. The number of likely N-dealkylation sites (N-methyl/N-ethyl adjacent to an activating group) is 1. The van der Waals surface area contributed by atoms with Crippen LogP contribution in [0, 0.1) is 5.41 Å². The molecule has 0 heterocycles. The summed E-state index contributed by atoms with van der Waals surface area (Å²) in [6.45, 7) is 3.81. The van der Waals surface area contributed by atoms with E-state index >= 15 is 0 Å². The monoisotopic (exact) mass is 169 g/mol. The molecule has 0 unspecified atom stereocenters. The fourth-order valence-corrected chi connectivity index (χ4v) is 1.99. The normalized spacial score (nSPS) is 18.8. The number of nitrogens with zero attached hydrogens (tertiary/aromatic N) is 1. The minimum atomic E-state index is 0.295. The minimum Gasteiger partial charge on any atom is -0.387 e. The van der Waals surface area contributed by atoms with Crippen LogP contribution in [0.3, 0.4) is 0 Å². The van der Waals surface area contributed by atoms with E-state index in [9.17, 15) is 0 Å². The largest absolute Gasteiger partial charge is 0.387 e. The molecular weight excluding hydrogens is 150 g/mol. The Morgan fingerprint density at radius 2 is 2.08 bits per heavy atom. The second-order valence-corrected chi connectivity index (χ2v) is 3.53. The smallest absolute Gasteiger partial charge is 0.105 e. The van der Waals surface area contributed by atoms with Gasteiger partial charge in [-0.3, -0.25) is 10.3 Å². The molecule has 0 aromatic carbocycles. The van der Waals surface area contributed by atoms with Gasteiger partial charge in [-0.1, -0.05) is 19.8 Å². The van der Waals surface area contributed by atoms with E-state index in [1.807, 2.05) is 0 Å². The van der Waals surface area contributed by atoms with Gasteiger partial charge in [0.2, 0.25) is 0 Å². The molecule has 0 aromatic rings. The van der Waals surface area contributed by atoms with Gasteiger partial charge in [-0.15, -0.1) is 0 Å². The van der Waals surface area contributed by atoms with Gasteiger partial charge < -0.3 is 5.73 Å². The predicted octanol–water partition coefficient (Wildman–Crippen LogP) is 1.19. The summed E-state index contributed by atoms with van der Waals surface area (Å²) < 4.78 is 0. The van der Waals surface area contributed by atoms with E-state index in [-0.39, 0.29) is 0 Å². The standard InChI is InChI=1S/C9H19N3/c1-2-12(7-9(10)11)8-5-3-4-6-8/h8H,2-7H2,1H3,(H3,10,11). The Morgan fingerprint density at radius 3 is 2.50 bits per heavy atom. The Bertz CT molecular complexity index is 150. The maximum atomic E-state index is 7.23. The molecule has 0 radical (unpaired) electrons. The summed E-state index contributed by atoms with van der Waals surface area (Å²) in [6, 6.07) is 0.693. The average Bonchev–Trinajstić information content (AvgIpc) is 2.51. The fourth-order valence-electron chi connectivity index (χ4n) is 1.99. The Balaban J connectivity index is 2.37. The van der Waals surface area contributed by atoms with E-state index in [0.29, 0.717) is 18.4 Å². The molecule has 12 heavy (non-hydrogen) atoms. The first kappa shape index (κ1) is 9.52. The molecule has 1 aliphatic carbocycles. The van der Waals surface area contributed by atoms with E-state index in [2.05, 4.69) is 11.8 Å². The minimum absolute atomic E-state index is 0.295. The summed E-state index contributed by atoms with van der Waals surface area (Å²) in [6.07, 6.45) is 5.28. The molecule has 1 aliphatic rings. The fraction of sp³-hybridized carbons (Fsp3) is 0.889. The average molecular weight is 169 g/mol. The van der Waals surface area contributed by atoms with Crippen molar-refractivity contribution in [2.24, 2.45) is 5.73 Å². The highest BCUT2D eigenvalue weighted by Crippen LogP contribution is 2.22. The second-order valence-electron chi connectivity index (χ2n) is 3.53. The molecule has 0 saturated heterocycles. The van der Waals surface area contributed by atoms with Crippen molar-refractivity contribution in [1.82, 2.24) is 4.90 Å². The third-order valence-electron chi connectivity index (χ3n) is 2.62. The molecule has 0 spiro atoms. The molecule has 70 valence electrons. The van der Waals surface area contributed by atoms with Gasteiger partial charge in [0.25, 0.3) is 0 Å².